The number of nitrogens with zero attached hydrogens (tertiary/aromatic N) is 5. The first kappa shape index (κ1) is 16.9. The largest absolute Gasteiger partial charge is 0.490 e. The minimum absolute atomic E-state index is 0.179. The maximum Gasteiger partial charge on any atom is 0.257 e. The summed E-state index contributed by atoms with van der Waals surface area (Å²) in [5.74, 6) is 0.847. The van der Waals surface area contributed by atoms with Crippen molar-refractivity contribution in [3.63, 3.8) is 0 Å². The summed E-state index contributed by atoms with van der Waals surface area (Å²) in [6.07, 6.45) is 4.50. The van der Waals surface area contributed by atoms with Crippen LogP contribution in [0.2, 0.25) is 5.02 Å². The van der Waals surface area contributed by atoms with Crippen LogP contribution >= 0.6 is 11.6 Å². The molecule has 7 nitrogen and oxygen atoms in total. The second-order valence-electron chi connectivity index (χ2n) is 5.22. The van der Waals surface area contributed by atoms with Gasteiger partial charge in [-0.25, -0.2) is 14.6 Å². The molecule has 0 aliphatic heterocycles. The number of hydrogen-bond donors (Lipinski definition) is 0. The Bertz CT molecular complexity index is 854. The van der Waals surface area contributed by atoms with Crippen molar-refractivity contribution in [2.75, 3.05) is 20.2 Å². The van der Waals surface area contributed by atoms with Gasteiger partial charge in [0.05, 0.1) is 17.1 Å². The summed E-state index contributed by atoms with van der Waals surface area (Å²) in [7, 11) is 1.70. The fourth-order valence-electron chi connectivity index (χ4n) is 2.23. The molecule has 0 atom stereocenters. The second kappa shape index (κ2) is 7.76. The van der Waals surface area contributed by atoms with Crippen LogP contribution in [0.25, 0.3) is 5.82 Å². The summed E-state index contributed by atoms with van der Waals surface area (Å²) in [4.78, 5) is 22.4. The minimum atomic E-state index is -0.179. The van der Waals surface area contributed by atoms with E-state index in [1.54, 1.807) is 42.4 Å². The van der Waals surface area contributed by atoms with E-state index < -0.39 is 0 Å². The van der Waals surface area contributed by atoms with Gasteiger partial charge in [0.1, 0.15) is 25.0 Å². The Kier molecular flexibility index (Phi) is 5.25. The molecule has 0 radical (unpaired) electrons. The van der Waals surface area contributed by atoms with Crippen LogP contribution in [0.15, 0.2) is 55.2 Å². The van der Waals surface area contributed by atoms with Gasteiger partial charge in [-0.3, -0.25) is 4.79 Å². The van der Waals surface area contributed by atoms with Gasteiger partial charge in [-0.1, -0.05) is 23.7 Å². The summed E-state index contributed by atoms with van der Waals surface area (Å²) < 4.78 is 7.09. The lowest BCUT2D eigenvalue weighted by Crippen LogP contribution is -2.31. The van der Waals surface area contributed by atoms with Gasteiger partial charge < -0.3 is 9.64 Å². The summed E-state index contributed by atoms with van der Waals surface area (Å²) >= 11 is 6.05. The van der Waals surface area contributed by atoms with Gasteiger partial charge in [-0.15, -0.1) is 0 Å². The van der Waals surface area contributed by atoms with Gasteiger partial charge >= 0.3 is 0 Å². The van der Waals surface area contributed by atoms with Crippen LogP contribution in [-0.4, -0.2) is 50.8 Å². The molecule has 2 heterocycles. The zero-order valence-electron chi connectivity index (χ0n) is 13.5. The molecule has 0 saturated carbocycles. The summed E-state index contributed by atoms with van der Waals surface area (Å²) in [5, 5.41) is 4.57. The van der Waals surface area contributed by atoms with Crippen molar-refractivity contribution in [1.29, 1.82) is 0 Å². The number of ether oxygens (including phenoxy) is 1. The van der Waals surface area contributed by atoms with Crippen molar-refractivity contribution in [2.45, 2.75) is 0 Å². The van der Waals surface area contributed by atoms with E-state index in [1.165, 1.54) is 17.3 Å². The normalized spacial score (nSPS) is 10.5. The molecule has 1 aromatic carbocycles. The fraction of sp³-hybridized carbons (Fsp3) is 0.176. The van der Waals surface area contributed by atoms with Gasteiger partial charge in [0.25, 0.3) is 5.91 Å². The summed E-state index contributed by atoms with van der Waals surface area (Å²) in [6.45, 7) is 0.723. The molecule has 8 heteroatoms. The van der Waals surface area contributed by atoms with Crippen LogP contribution in [-0.2, 0) is 0 Å². The summed E-state index contributed by atoms with van der Waals surface area (Å²) in [5.41, 5.74) is 0.438. The smallest absolute Gasteiger partial charge is 0.257 e. The fourth-order valence-corrected chi connectivity index (χ4v) is 2.42. The molecule has 0 spiro atoms. The van der Waals surface area contributed by atoms with Crippen molar-refractivity contribution in [1.82, 2.24) is 24.6 Å². The highest BCUT2D eigenvalue weighted by Gasteiger charge is 2.18. The number of carbonyl (C=O) groups excluding carboxylic acids is 1. The van der Waals surface area contributed by atoms with Gasteiger partial charge in [0, 0.05) is 13.2 Å². The number of carbonyl (C=O) groups is 1. The molecule has 0 aliphatic carbocycles. The number of benzene rings is 1. The molecule has 0 aliphatic rings. The number of halogens is 1. The monoisotopic (exact) mass is 357 g/mol. The van der Waals surface area contributed by atoms with Crippen LogP contribution in [0.3, 0.4) is 0 Å². The zero-order chi connectivity index (χ0) is 17.6. The van der Waals surface area contributed by atoms with E-state index in [4.69, 9.17) is 16.3 Å². The Hall–Kier alpha value is -2.93. The van der Waals surface area contributed by atoms with Crippen LogP contribution < -0.4 is 4.74 Å². The zero-order valence-corrected chi connectivity index (χ0v) is 14.3. The van der Waals surface area contributed by atoms with E-state index in [0.717, 1.165) is 0 Å². The third kappa shape index (κ3) is 3.95. The first-order valence-electron chi connectivity index (χ1n) is 7.59. The predicted molar refractivity (Wildman–Crippen MR) is 93.1 cm³/mol. The van der Waals surface area contributed by atoms with Gasteiger partial charge in [0.2, 0.25) is 0 Å². The molecule has 0 unspecified atom stereocenters. The topological polar surface area (TPSA) is 73.1 Å². The van der Waals surface area contributed by atoms with Crippen molar-refractivity contribution in [3.05, 3.63) is 65.8 Å². The molecule has 3 aromatic rings. The first-order chi connectivity index (χ1) is 12.2. The molecule has 128 valence electrons. The number of rotatable bonds is 6. The molecule has 0 saturated heterocycles. The molecule has 25 heavy (non-hydrogen) atoms. The van der Waals surface area contributed by atoms with E-state index in [-0.39, 0.29) is 5.91 Å². The molecular formula is C17H16ClN5O2. The highest BCUT2D eigenvalue weighted by Crippen LogP contribution is 2.23. The number of para-hydroxylation sites is 1. The average molecular weight is 358 g/mol. The lowest BCUT2D eigenvalue weighted by atomic mass is 10.2. The summed E-state index contributed by atoms with van der Waals surface area (Å²) in [6, 6.07) is 10.6. The maximum atomic E-state index is 12.7. The highest BCUT2D eigenvalue weighted by atomic mass is 35.5. The number of pyridine rings is 1. The van der Waals surface area contributed by atoms with Crippen LogP contribution in [0.5, 0.6) is 5.75 Å². The van der Waals surface area contributed by atoms with E-state index in [2.05, 4.69) is 15.1 Å². The third-order valence-corrected chi connectivity index (χ3v) is 3.83. The number of hydrogen-bond acceptors (Lipinski definition) is 5. The predicted octanol–water partition coefficient (Wildman–Crippen LogP) is 2.47. The van der Waals surface area contributed by atoms with E-state index >= 15 is 0 Å². The van der Waals surface area contributed by atoms with Crippen molar-refractivity contribution < 1.29 is 9.53 Å². The highest BCUT2D eigenvalue weighted by molar-refractivity contribution is 6.32. The molecule has 0 fully saturated rings. The lowest BCUT2D eigenvalue weighted by Gasteiger charge is -2.19. The molecule has 3 rings (SSSR count). The van der Waals surface area contributed by atoms with Crippen molar-refractivity contribution in [2.24, 2.45) is 0 Å². The van der Waals surface area contributed by atoms with E-state index in [9.17, 15) is 4.79 Å². The van der Waals surface area contributed by atoms with E-state index in [1.807, 2.05) is 12.1 Å². The molecule has 1 amide bonds. The number of aromatic nitrogens is 4. The Morgan fingerprint density at radius 1 is 1.28 bits per heavy atom. The SMILES string of the molecule is CN(CCOc1ccccc1Cl)C(=O)c1cccnc1-n1cncn1. The van der Waals surface area contributed by atoms with Crippen molar-refractivity contribution >= 4 is 17.5 Å². The van der Waals surface area contributed by atoms with Gasteiger partial charge in [-0.05, 0) is 24.3 Å². The van der Waals surface area contributed by atoms with Crippen LogP contribution in [0.4, 0.5) is 0 Å². The molecular weight excluding hydrogens is 342 g/mol. The number of likely N-dealkylation sites (N-methyl/N-ethyl adjacent to an activating group) is 1. The minimum Gasteiger partial charge on any atom is -0.490 e. The second-order valence-corrected chi connectivity index (χ2v) is 5.63. The lowest BCUT2D eigenvalue weighted by molar-refractivity contribution is 0.0773. The Balaban J connectivity index is 1.66. The Morgan fingerprint density at radius 2 is 2.12 bits per heavy atom. The van der Waals surface area contributed by atoms with Crippen molar-refractivity contribution in [3.8, 4) is 11.6 Å². The van der Waals surface area contributed by atoms with E-state index in [0.29, 0.717) is 35.3 Å². The Labute approximate surface area is 149 Å². The standard InChI is InChI=1S/C17H16ClN5O2/c1-22(9-10-25-15-7-3-2-6-14(15)18)17(24)13-5-4-8-20-16(13)23-12-19-11-21-23/h2-8,11-12H,9-10H2,1H3. The third-order valence-electron chi connectivity index (χ3n) is 3.52. The number of amides is 1. The Morgan fingerprint density at radius 3 is 2.88 bits per heavy atom. The van der Waals surface area contributed by atoms with Gasteiger partial charge in [-0.2, -0.15) is 5.10 Å². The maximum absolute atomic E-state index is 12.7. The quantitative estimate of drug-likeness (QED) is 0.677. The average Bonchev–Trinajstić information content (AvgIpc) is 3.17. The van der Waals surface area contributed by atoms with Crippen LogP contribution in [0.1, 0.15) is 10.4 Å². The molecule has 0 bridgehead atoms. The molecule has 0 N–H and O–H groups in total. The molecule has 2 aromatic heterocycles. The van der Waals surface area contributed by atoms with Crippen LogP contribution in [0, 0.1) is 0 Å². The van der Waals surface area contributed by atoms with Gasteiger partial charge in [0.15, 0.2) is 5.82 Å². The first-order valence-corrected chi connectivity index (χ1v) is 7.97.